The lowest BCUT2D eigenvalue weighted by molar-refractivity contribution is -0.128. The molecule has 7 nitrogen and oxygen atoms in total. The fraction of sp³-hybridized carbons (Fsp3) is 0.190. The lowest BCUT2D eigenvalue weighted by Gasteiger charge is -2.20. The normalized spacial score (nSPS) is 11.1. The van der Waals surface area contributed by atoms with Crippen molar-refractivity contribution in [3.05, 3.63) is 78.8 Å². The fourth-order valence-corrected chi connectivity index (χ4v) is 3.98. The molecule has 0 bridgehead atoms. The first-order chi connectivity index (χ1) is 13.9. The van der Waals surface area contributed by atoms with Crippen LogP contribution in [0.15, 0.2) is 82.3 Å². The van der Waals surface area contributed by atoms with Crippen molar-refractivity contribution in [3.63, 3.8) is 0 Å². The summed E-state index contributed by atoms with van der Waals surface area (Å²) in [6, 6.07) is 18.8. The van der Waals surface area contributed by atoms with Crippen LogP contribution in [0.4, 0.5) is 11.4 Å². The van der Waals surface area contributed by atoms with Gasteiger partial charge in [-0.3, -0.25) is 9.10 Å². The molecule has 1 amide bonds. The van der Waals surface area contributed by atoms with Gasteiger partial charge in [0.05, 0.1) is 29.9 Å². The fourth-order valence-electron chi connectivity index (χ4n) is 2.74. The molecule has 0 aliphatic heterocycles. The largest absolute Gasteiger partial charge is 0.467 e. The Morgan fingerprint density at radius 2 is 1.76 bits per heavy atom. The number of sulfonamides is 1. The second kappa shape index (κ2) is 8.83. The van der Waals surface area contributed by atoms with Crippen molar-refractivity contribution < 1.29 is 17.6 Å². The topological polar surface area (TPSA) is 82.9 Å². The first kappa shape index (κ1) is 20.5. The van der Waals surface area contributed by atoms with E-state index in [0.29, 0.717) is 23.7 Å². The van der Waals surface area contributed by atoms with Crippen LogP contribution in [0.25, 0.3) is 0 Å². The predicted molar refractivity (Wildman–Crippen MR) is 112 cm³/mol. The van der Waals surface area contributed by atoms with Crippen LogP contribution in [0.1, 0.15) is 5.76 Å². The maximum absolute atomic E-state index is 12.9. The lowest BCUT2D eigenvalue weighted by Crippen LogP contribution is -2.31. The molecule has 1 aromatic heterocycles. The molecule has 2 aromatic carbocycles. The third kappa shape index (κ3) is 4.97. The molecule has 3 aromatic rings. The first-order valence-electron chi connectivity index (χ1n) is 9.02. The van der Waals surface area contributed by atoms with Crippen LogP contribution in [0, 0.1) is 0 Å². The van der Waals surface area contributed by atoms with E-state index in [9.17, 15) is 13.2 Å². The molecule has 29 heavy (non-hydrogen) atoms. The molecule has 0 aliphatic carbocycles. The monoisotopic (exact) mass is 413 g/mol. The molecule has 1 heterocycles. The van der Waals surface area contributed by atoms with E-state index in [1.807, 2.05) is 6.07 Å². The molecule has 0 aliphatic rings. The summed E-state index contributed by atoms with van der Waals surface area (Å²) in [5.74, 6) is 0.550. The van der Waals surface area contributed by atoms with E-state index >= 15 is 0 Å². The van der Waals surface area contributed by atoms with Crippen molar-refractivity contribution >= 4 is 27.3 Å². The Bertz CT molecular complexity index is 1050. The van der Waals surface area contributed by atoms with E-state index < -0.39 is 10.0 Å². The number of para-hydroxylation sites is 1. The first-order valence-corrected chi connectivity index (χ1v) is 10.5. The summed E-state index contributed by atoms with van der Waals surface area (Å²) in [6.45, 7) is 0.402. The van der Waals surface area contributed by atoms with Gasteiger partial charge < -0.3 is 14.6 Å². The summed E-state index contributed by atoms with van der Waals surface area (Å²) >= 11 is 0. The molecule has 0 saturated heterocycles. The second-order valence-electron chi connectivity index (χ2n) is 6.52. The Morgan fingerprint density at radius 1 is 1.00 bits per heavy atom. The van der Waals surface area contributed by atoms with Crippen LogP contribution in [0.2, 0.25) is 0 Å². The number of likely N-dealkylation sites (N-methyl/N-ethyl adjacent to an activating group) is 1. The van der Waals surface area contributed by atoms with Crippen molar-refractivity contribution in [2.24, 2.45) is 0 Å². The Hall–Kier alpha value is -3.26. The SMILES string of the molecule is CN(Cc1ccco1)C(=O)CNc1cccc(S(=O)(=O)N(C)c2ccccc2)c1. The number of anilines is 2. The van der Waals surface area contributed by atoms with E-state index in [2.05, 4.69) is 5.32 Å². The van der Waals surface area contributed by atoms with Gasteiger partial charge in [-0.25, -0.2) is 8.42 Å². The predicted octanol–water partition coefficient (Wildman–Crippen LogP) is 3.18. The third-order valence-corrected chi connectivity index (χ3v) is 6.24. The zero-order valence-corrected chi connectivity index (χ0v) is 17.1. The van der Waals surface area contributed by atoms with Gasteiger partial charge in [0.25, 0.3) is 10.0 Å². The number of rotatable bonds is 8. The number of furan rings is 1. The molecule has 152 valence electrons. The van der Waals surface area contributed by atoms with Crippen molar-refractivity contribution in [2.45, 2.75) is 11.4 Å². The zero-order valence-electron chi connectivity index (χ0n) is 16.3. The van der Waals surface area contributed by atoms with Gasteiger partial charge in [-0.05, 0) is 42.5 Å². The van der Waals surface area contributed by atoms with Crippen molar-refractivity contribution in [1.82, 2.24) is 4.90 Å². The minimum absolute atomic E-state index is 0.0369. The van der Waals surface area contributed by atoms with Crippen LogP contribution < -0.4 is 9.62 Å². The molecular weight excluding hydrogens is 390 g/mol. The Labute approximate surface area is 170 Å². The van der Waals surface area contributed by atoms with Gasteiger partial charge >= 0.3 is 0 Å². The summed E-state index contributed by atoms with van der Waals surface area (Å²) < 4.78 is 32.3. The van der Waals surface area contributed by atoms with E-state index in [-0.39, 0.29) is 17.3 Å². The third-order valence-electron chi connectivity index (χ3n) is 4.45. The number of carbonyl (C=O) groups is 1. The van der Waals surface area contributed by atoms with Crippen molar-refractivity contribution in [1.29, 1.82) is 0 Å². The molecule has 0 fully saturated rings. The van der Waals surface area contributed by atoms with Crippen LogP contribution in [-0.2, 0) is 21.4 Å². The van der Waals surface area contributed by atoms with Crippen molar-refractivity contribution in [2.75, 3.05) is 30.3 Å². The van der Waals surface area contributed by atoms with Crippen LogP contribution in [0.5, 0.6) is 0 Å². The molecule has 0 atom stereocenters. The number of benzene rings is 2. The maximum atomic E-state index is 12.9. The standard InChI is InChI=1S/C21H23N3O4S/c1-23(16-19-11-7-13-28-19)21(25)15-22-17-8-6-12-20(14-17)29(26,27)24(2)18-9-4-3-5-10-18/h3-14,22H,15-16H2,1-2H3. The Balaban J connectivity index is 1.67. The van der Waals surface area contributed by atoms with Gasteiger partial charge in [0.2, 0.25) is 5.91 Å². The average Bonchev–Trinajstić information content (AvgIpc) is 3.25. The Kier molecular flexibility index (Phi) is 6.23. The highest BCUT2D eigenvalue weighted by molar-refractivity contribution is 7.92. The smallest absolute Gasteiger partial charge is 0.264 e. The zero-order chi connectivity index (χ0) is 20.9. The minimum atomic E-state index is -3.72. The van der Waals surface area contributed by atoms with Gasteiger partial charge in [-0.2, -0.15) is 0 Å². The summed E-state index contributed by atoms with van der Waals surface area (Å²) in [6.07, 6.45) is 1.56. The van der Waals surface area contributed by atoms with Gasteiger partial charge in [-0.1, -0.05) is 24.3 Å². The lowest BCUT2D eigenvalue weighted by atomic mass is 10.3. The molecular formula is C21H23N3O4S. The summed E-state index contributed by atoms with van der Waals surface area (Å²) in [5, 5.41) is 2.99. The number of nitrogens with one attached hydrogen (secondary N) is 1. The highest BCUT2D eigenvalue weighted by Gasteiger charge is 2.21. The van der Waals surface area contributed by atoms with E-state index in [1.165, 1.54) is 28.4 Å². The molecule has 3 rings (SSSR count). The molecule has 0 radical (unpaired) electrons. The summed E-state index contributed by atoms with van der Waals surface area (Å²) in [7, 11) is -0.524. The quantitative estimate of drug-likeness (QED) is 0.613. The molecule has 0 saturated carbocycles. The van der Waals surface area contributed by atoms with Gasteiger partial charge in [0.1, 0.15) is 5.76 Å². The highest BCUT2D eigenvalue weighted by atomic mass is 32.2. The van der Waals surface area contributed by atoms with Gasteiger partial charge in [-0.15, -0.1) is 0 Å². The molecule has 8 heteroatoms. The number of hydrogen-bond donors (Lipinski definition) is 1. The minimum Gasteiger partial charge on any atom is -0.467 e. The van der Waals surface area contributed by atoms with Crippen LogP contribution in [0.3, 0.4) is 0 Å². The number of hydrogen-bond acceptors (Lipinski definition) is 5. The van der Waals surface area contributed by atoms with E-state index in [4.69, 9.17) is 4.42 Å². The highest BCUT2D eigenvalue weighted by Crippen LogP contribution is 2.23. The number of nitrogens with zero attached hydrogens (tertiary/aromatic N) is 2. The molecule has 0 spiro atoms. The van der Waals surface area contributed by atoms with E-state index in [0.717, 1.165) is 0 Å². The number of carbonyl (C=O) groups excluding carboxylic acids is 1. The molecule has 1 N–H and O–H groups in total. The number of amides is 1. The van der Waals surface area contributed by atoms with Crippen LogP contribution in [-0.4, -0.2) is 39.9 Å². The second-order valence-corrected chi connectivity index (χ2v) is 8.49. The summed E-state index contributed by atoms with van der Waals surface area (Å²) in [4.78, 5) is 14.0. The van der Waals surface area contributed by atoms with Crippen molar-refractivity contribution in [3.8, 4) is 0 Å². The van der Waals surface area contributed by atoms with Gasteiger partial charge in [0, 0.05) is 19.8 Å². The molecule has 0 unspecified atom stereocenters. The Morgan fingerprint density at radius 3 is 2.45 bits per heavy atom. The van der Waals surface area contributed by atoms with Gasteiger partial charge in [0.15, 0.2) is 0 Å². The van der Waals surface area contributed by atoms with Crippen LogP contribution >= 0.6 is 0 Å². The van der Waals surface area contributed by atoms with E-state index in [1.54, 1.807) is 61.8 Å². The average molecular weight is 413 g/mol. The maximum Gasteiger partial charge on any atom is 0.264 e. The summed E-state index contributed by atoms with van der Waals surface area (Å²) in [5.41, 5.74) is 1.12.